The van der Waals surface area contributed by atoms with E-state index in [-0.39, 0.29) is 0 Å². The van der Waals surface area contributed by atoms with Crippen molar-refractivity contribution in [3.05, 3.63) is 23.9 Å². The SMILES string of the molecule is CC(C)CNCc1cccc(N(C)C(C)C(C)C)n1. The molecule has 3 heteroatoms. The zero-order valence-corrected chi connectivity index (χ0v) is 13.3. The van der Waals surface area contributed by atoms with Gasteiger partial charge in [0.2, 0.25) is 0 Å². The first-order chi connectivity index (χ1) is 8.91. The van der Waals surface area contributed by atoms with E-state index < -0.39 is 0 Å². The van der Waals surface area contributed by atoms with Gasteiger partial charge in [0.15, 0.2) is 0 Å². The Morgan fingerprint density at radius 2 is 1.84 bits per heavy atom. The van der Waals surface area contributed by atoms with Gasteiger partial charge in [-0.2, -0.15) is 0 Å². The van der Waals surface area contributed by atoms with Gasteiger partial charge in [0, 0.05) is 19.6 Å². The van der Waals surface area contributed by atoms with Crippen LogP contribution >= 0.6 is 0 Å². The van der Waals surface area contributed by atoms with Crippen LogP contribution < -0.4 is 10.2 Å². The molecule has 1 aromatic rings. The van der Waals surface area contributed by atoms with E-state index in [0.717, 1.165) is 24.6 Å². The molecule has 19 heavy (non-hydrogen) atoms. The molecular weight excluding hydrogens is 234 g/mol. The van der Waals surface area contributed by atoms with E-state index in [2.05, 4.69) is 70.1 Å². The molecule has 0 radical (unpaired) electrons. The zero-order valence-electron chi connectivity index (χ0n) is 13.3. The van der Waals surface area contributed by atoms with Crippen molar-refractivity contribution in [2.45, 2.75) is 47.2 Å². The van der Waals surface area contributed by atoms with Crippen molar-refractivity contribution >= 4 is 5.82 Å². The fourth-order valence-corrected chi connectivity index (χ4v) is 1.91. The first kappa shape index (κ1) is 16.0. The molecular formula is C16H29N3. The summed E-state index contributed by atoms with van der Waals surface area (Å²) in [5.74, 6) is 2.35. The minimum Gasteiger partial charge on any atom is -0.357 e. The third-order valence-corrected chi connectivity index (χ3v) is 3.59. The quantitative estimate of drug-likeness (QED) is 0.818. The van der Waals surface area contributed by atoms with Crippen LogP contribution in [-0.2, 0) is 6.54 Å². The Balaban J connectivity index is 2.66. The van der Waals surface area contributed by atoms with E-state index in [9.17, 15) is 0 Å². The summed E-state index contributed by atoms with van der Waals surface area (Å²) in [6.45, 7) is 13.0. The van der Waals surface area contributed by atoms with Gasteiger partial charge in [-0.05, 0) is 37.4 Å². The van der Waals surface area contributed by atoms with Crippen LogP contribution in [0.3, 0.4) is 0 Å². The number of hydrogen-bond acceptors (Lipinski definition) is 3. The van der Waals surface area contributed by atoms with Gasteiger partial charge in [0.1, 0.15) is 5.82 Å². The van der Waals surface area contributed by atoms with Crippen LogP contribution in [0.2, 0.25) is 0 Å². The highest BCUT2D eigenvalue weighted by Gasteiger charge is 2.14. The molecule has 0 bridgehead atoms. The van der Waals surface area contributed by atoms with Gasteiger partial charge in [0.05, 0.1) is 5.69 Å². The summed E-state index contributed by atoms with van der Waals surface area (Å²) < 4.78 is 0. The molecule has 0 saturated carbocycles. The first-order valence-corrected chi connectivity index (χ1v) is 7.31. The number of nitrogens with one attached hydrogen (secondary N) is 1. The van der Waals surface area contributed by atoms with Crippen LogP contribution in [0.15, 0.2) is 18.2 Å². The van der Waals surface area contributed by atoms with Gasteiger partial charge in [-0.25, -0.2) is 4.98 Å². The highest BCUT2D eigenvalue weighted by atomic mass is 15.2. The molecule has 1 unspecified atom stereocenters. The van der Waals surface area contributed by atoms with Crippen molar-refractivity contribution in [1.29, 1.82) is 0 Å². The van der Waals surface area contributed by atoms with Crippen molar-refractivity contribution in [2.24, 2.45) is 11.8 Å². The molecule has 0 amide bonds. The molecule has 1 atom stereocenters. The second-order valence-corrected chi connectivity index (χ2v) is 6.11. The Hall–Kier alpha value is -1.09. The molecule has 0 saturated heterocycles. The molecule has 108 valence electrons. The second-order valence-electron chi connectivity index (χ2n) is 6.11. The topological polar surface area (TPSA) is 28.2 Å². The lowest BCUT2D eigenvalue weighted by Crippen LogP contribution is -2.34. The van der Waals surface area contributed by atoms with Gasteiger partial charge in [0.25, 0.3) is 0 Å². The Morgan fingerprint density at radius 1 is 1.16 bits per heavy atom. The maximum absolute atomic E-state index is 4.74. The Morgan fingerprint density at radius 3 is 2.42 bits per heavy atom. The minimum absolute atomic E-state index is 0.492. The molecule has 0 spiro atoms. The standard InChI is InChI=1S/C16H29N3/c1-12(2)10-17-11-15-8-7-9-16(18-15)19(6)14(5)13(3)4/h7-9,12-14,17H,10-11H2,1-6H3. The van der Waals surface area contributed by atoms with Crippen LogP contribution in [0.25, 0.3) is 0 Å². The summed E-state index contributed by atoms with van der Waals surface area (Å²) in [4.78, 5) is 7.00. The van der Waals surface area contributed by atoms with Crippen molar-refractivity contribution in [2.75, 3.05) is 18.5 Å². The number of rotatable bonds is 7. The van der Waals surface area contributed by atoms with E-state index in [1.807, 2.05) is 0 Å². The molecule has 0 fully saturated rings. The number of anilines is 1. The summed E-state index contributed by atoms with van der Waals surface area (Å²) in [6, 6.07) is 6.76. The third-order valence-electron chi connectivity index (χ3n) is 3.59. The van der Waals surface area contributed by atoms with E-state index in [0.29, 0.717) is 17.9 Å². The van der Waals surface area contributed by atoms with Gasteiger partial charge in [-0.3, -0.25) is 0 Å². The number of pyridine rings is 1. The monoisotopic (exact) mass is 263 g/mol. The predicted octanol–water partition coefficient (Wildman–Crippen LogP) is 3.31. The number of aromatic nitrogens is 1. The Kier molecular flexibility index (Phi) is 6.29. The second kappa shape index (κ2) is 7.49. The lowest BCUT2D eigenvalue weighted by atomic mass is 10.1. The highest BCUT2D eigenvalue weighted by Crippen LogP contribution is 2.17. The fraction of sp³-hybridized carbons (Fsp3) is 0.688. The normalized spacial score (nSPS) is 13.1. The van der Waals surface area contributed by atoms with E-state index >= 15 is 0 Å². The van der Waals surface area contributed by atoms with E-state index in [1.165, 1.54) is 0 Å². The van der Waals surface area contributed by atoms with Gasteiger partial charge >= 0.3 is 0 Å². The smallest absolute Gasteiger partial charge is 0.128 e. The first-order valence-electron chi connectivity index (χ1n) is 7.31. The number of hydrogen-bond donors (Lipinski definition) is 1. The molecule has 1 aromatic heterocycles. The molecule has 0 aromatic carbocycles. The summed E-state index contributed by atoms with van der Waals surface area (Å²) >= 11 is 0. The van der Waals surface area contributed by atoms with Crippen molar-refractivity contribution in [1.82, 2.24) is 10.3 Å². The van der Waals surface area contributed by atoms with Gasteiger partial charge in [-0.15, -0.1) is 0 Å². The Labute approximate surface area is 118 Å². The molecule has 0 aliphatic carbocycles. The van der Waals surface area contributed by atoms with Gasteiger partial charge < -0.3 is 10.2 Å². The fourth-order valence-electron chi connectivity index (χ4n) is 1.91. The average molecular weight is 263 g/mol. The van der Waals surface area contributed by atoms with Crippen molar-refractivity contribution in [3.63, 3.8) is 0 Å². The maximum atomic E-state index is 4.74. The largest absolute Gasteiger partial charge is 0.357 e. The lowest BCUT2D eigenvalue weighted by Gasteiger charge is -2.29. The summed E-state index contributed by atoms with van der Waals surface area (Å²) in [7, 11) is 2.12. The van der Waals surface area contributed by atoms with Gasteiger partial charge in [-0.1, -0.05) is 33.8 Å². The number of nitrogens with zero attached hydrogens (tertiary/aromatic N) is 2. The van der Waals surface area contributed by atoms with Crippen LogP contribution in [-0.4, -0.2) is 24.6 Å². The van der Waals surface area contributed by atoms with Crippen LogP contribution in [0.5, 0.6) is 0 Å². The van der Waals surface area contributed by atoms with Crippen LogP contribution in [0.4, 0.5) is 5.82 Å². The van der Waals surface area contributed by atoms with Crippen molar-refractivity contribution in [3.8, 4) is 0 Å². The van der Waals surface area contributed by atoms with E-state index in [4.69, 9.17) is 4.98 Å². The lowest BCUT2D eigenvalue weighted by molar-refractivity contribution is 0.501. The maximum Gasteiger partial charge on any atom is 0.128 e. The van der Waals surface area contributed by atoms with Crippen LogP contribution in [0.1, 0.15) is 40.3 Å². The minimum atomic E-state index is 0.492. The molecule has 0 aliphatic rings. The van der Waals surface area contributed by atoms with E-state index in [1.54, 1.807) is 0 Å². The zero-order chi connectivity index (χ0) is 14.4. The molecule has 1 heterocycles. The predicted molar refractivity (Wildman–Crippen MR) is 83.5 cm³/mol. The molecule has 0 aliphatic heterocycles. The highest BCUT2D eigenvalue weighted by molar-refractivity contribution is 5.39. The molecule has 3 nitrogen and oxygen atoms in total. The Bertz CT molecular complexity index is 374. The summed E-state index contributed by atoms with van der Waals surface area (Å²) in [5.41, 5.74) is 1.11. The van der Waals surface area contributed by atoms with Crippen LogP contribution in [0, 0.1) is 11.8 Å². The summed E-state index contributed by atoms with van der Waals surface area (Å²) in [6.07, 6.45) is 0. The molecule has 1 N–H and O–H groups in total. The third kappa shape index (κ3) is 5.19. The van der Waals surface area contributed by atoms with Crippen molar-refractivity contribution < 1.29 is 0 Å². The average Bonchev–Trinajstić information content (AvgIpc) is 2.36. The molecule has 1 rings (SSSR count). The summed E-state index contributed by atoms with van der Waals surface area (Å²) in [5, 5.41) is 3.44.